The number of likely N-dealkylation sites (N-methyl/N-ethyl adjacent to an activating group) is 1. The fourth-order valence-corrected chi connectivity index (χ4v) is 2.85. The molecule has 118 valence electrons. The van der Waals surface area contributed by atoms with Crippen molar-refractivity contribution in [2.45, 2.75) is 32.9 Å². The summed E-state index contributed by atoms with van der Waals surface area (Å²) in [6.45, 7) is 5.21. The van der Waals surface area contributed by atoms with Gasteiger partial charge in [-0.2, -0.15) is 0 Å². The second-order valence-corrected chi connectivity index (χ2v) is 6.62. The Hall–Kier alpha value is -1.72. The molecule has 5 heteroatoms. The molecule has 22 heavy (non-hydrogen) atoms. The molecule has 2 aromatic rings. The molecule has 1 N–H and O–H groups in total. The number of aromatic nitrogens is 1. The number of thiophene rings is 1. The van der Waals surface area contributed by atoms with Gasteiger partial charge in [-0.15, -0.1) is 11.3 Å². The maximum absolute atomic E-state index is 12.0. The molecule has 0 aliphatic rings. The first-order valence-corrected chi connectivity index (χ1v) is 8.34. The molecule has 0 aliphatic heterocycles. The van der Waals surface area contributed by atoms with E-state index in [9.17, 15) is 4.79 Å². The third-order valence-corrected chi connectivity index (χ3v) is 4.67. The summed E-state index contributed by atoms with van der Waals surface area (Å²) in [5, 5.41) is 4.98. The number of hydrogen-bond acceptors (Lipinski definition) is 4. The highest BCUT2D eigenvalue weighted by molar-refractivity contribution is 7.09. The van der Waals surface area contributed by atoms with Crippen LogP contribution in [0.15, 0.2) is 35.8 Å². The zero-order chi connectivity index (χ0) is 15.9. The Morgan fingerprint density at radius 2 is 2.23 bits per heavy atom. The van der Waals surface area contributed by atoms with Crippen LogP contribution in [0.1, 0.15) is 23.1 Å². The number of nitrogens with zero attached hydrogens (tertiary/aromatic N) is 2. The van der Waals surface area contributed by atoms with Gasteiger partial charge in [-0.05, 0) is 44.0 Å². The minimum Gasteiger partial charge on any atom is -0.350 e. The molecule has 0 fully saturated rings. The lowest BCUT2D eigenvalue weighted by molar-refractivity contribution is -0.122. The van der Waals surface area contributed by atoms with Crippen molar-refractivity contribution in [2.24, 2.45) is 0 Å². The zero-order valence-corrected chi connectivity index (χ0v) is 14.2. The van der Waals surface area contributed by atoms with Gasteiger partial charge < -0.3 is 5.32 Å². The number of pyridine rings is 1. The molecule has 0 spiro atoms. The summed E-state index contributed by atoms with van der Waals surface area (Å²) in [5.74, 6) is 0.0560. The second kappa shape index (κ2) is 8.06. The van der Waals surface area contributed by atoms with Gasteiger partial charge in [-0.3, -0.25) is 14.7 Å². The minimum atomic E-state index is 0.0560. The van der Waals surface area contributed by atoms with E-state index in [1.165, 1.54) is 10.4 Å². The number of carbonyl (C=O) groups is 1. The van der Waals surface area contributed by atoms with E-state index in [1.807, 2.05) is 36.8 Å². The second-order valence-electron chi connectivity index (χ2n) is 5.59. The van der Waals surface area contributed by atoms with Gasteiger partial charge in [0.05, 0.1) is 13.1 Å². The molecule has 2 rings (SSSR count). The van der Waals surface area contributed by atoms with Crippen molar-refractivity contribution in [1.29, 1.82) is 0 Å². The first-order valence-electron chi connectivity index (χ1n) is 7.46. The number of nitrogens with one attached hydrogen (secondary N) is 1. The molecule has 1 amide bonds. The van der Waals surface area contributed by atoms with Gasteiger partial charge >= 0.3 is 0 Å². The maximum Gasteiger partial charge on any atom is 0.234 e. The molecule has 0 radical (unpaired) electrons. The Morgan fingerprint density at radius 3 is 2.91 bits per heavy atom. The Morgan fingerprint density at radius 1 is 1.41 bits per heavy atom. The lowest BCUT2D eigenvalue weighted by Crippen LogP contribution is -2.40. The van der Waals surface area contributed by atoms with Crippen LogP contribution >= 0.6 is 11.3 Å². The fraction of sp³-hybridized carbons (Fsp3) is 0.412. The third kappa shape index (κ3) is 4.93. The molecule has 4 nitrogen and oxygen atoms in total. The Bertz CT molecular complexity index is 598. The molecular formula is C17H23N3OS. The Labute approximate surface area is 136 Å². The average molecular weight is 317 g/mol. The van der Waals surface area contributed by atoms with E-state index in [4.69, 9.17) is 0 Å². The summed E-state index contributed by atoms with van der Waals surface area (Å²) < 4.78 is 0. The van der Waals surface area contributed by atoms with Crippen molar-refractivity contribution in [2.75, 3.05) is 13.6 Å². The Balaban J connectivity index is 1.79. The van der Waals surface area contributed by atoms with E-state index in [0.717, 1.165) is 12.1 Å². The molecule has 1 unspecified atom stereocenters. The summed E-state index contributed by atoms with van der Waals surface area (Å²) >= 11 is 1.66. The van der Waals surface area contributed by atoms with Crippen LogP contribution in [-0.4, -0.2) is 35.4 Å². The molecule has 0 saturated carbocycles. The summed E-state index contributed by atoms with van der Waals surface area (Å²) in [4.78, 5) is 19.7. The van der Waals surface area contributed by atoms with Crippen LogP contribution in [0, 0.1) is 6.92 Å². The van der Waals surface area contributed by atoms with Crippen LogP contribution in [0.3, 0.4) is 0 Å². The van der Waals surface area contributed by atoms with Gasteiger partial charge in [0.1, 0.15) is 0 Å². The molecule has 0 aromatic carbocycles. The van der Waals surface area contributed by atoms with Gasteiger partial charge in [-0.1, -0.05) is 12.1 Å². The van der Waals surface area contributed by atoms with Gasteiger partial charge in [0.2, 0.25) is 5.91 Å². The molecule has 0 aliphatic carbocycles. The van der Waals surface area contributed by atoms with Crippen LogP contribution in [0.25, 0.3) is 0 Å². The first kappa shape index (κ1) is 16.6. The van der Waals surface area contributed by atoms with Crippen LogP contribution in [0.2, 0.25) is 0 Å². The van der Waals surface area contributed by atoms with E-state index in [-0.39, 0.29) is 11.9 Å². The number of aryl methyl sites for hydroxylation is 1. The van der Waals surface area contributed by atoms with Crippen LogP contribution < -0.4 is 5.32 Å². The quantitative estimate of drug-likeness (QED) is 0.854. The average Bonchev–Trinajstić information content (AvgIpc) is 3.00. The van der Waals surface area contributed by atoms with Gasteiger partial charge in [0, 0.05) is 29.2 Å². The van der Waals surface area contributed by atoms with Crippen molar-refractivity contribution >= 4 is 17.2 Å². The first-order chi connectivity index (χ1) is 10.6. The highest BCUT2D eigenvalue weighted by atomic mass is 32.1. The predicted octanol–water partition coefficient (Wildman–Crippen LogP) is 2.63. The van der Waals surface area contributed by atoms with Gasteiger partial charge in [0.25, 0.3) is 0 Å². The van der Waals surface area contributed by atoms with E-state index in [2.05, 4.69) is 35.1 Å². The number of amides is 1. The molecule has 2 heterocycles. The lowest BCUT2D eigenvalue weighted by atomic mass is 10.1. The van der Waals surface area contributed by atoms with Crippen LogP contribution in [0.5, 0.6) is 0 Å². The highest BCUT2D eigenvalue weighted by Gasteiger charge is 2.15. The largest absolute Gasteiger partial charge is 0.350 e. The zero-order valence-electron chi connectivity index (χ0n) is 13.4. The number of hydrogen-bond donors (Lipinski definition) is 1. The number of rotatable bonds is 7. The van der Waals surface area contributed by atoms with E-state index < -0.39 is 0 Å². The van der Waals surface area contributed by atoms with Crippen LogP contribution in [-0.2, 0) is 17.8 Å². The maximum atomic E-state index is 12.0. The smallest absolute Gasteiger partial charge is 0.234 e. The van der Waals surface area contributed by atoms with Crippen molar-refractivity contribution in [3.8, 4) is 0 Å². The minimum absolute atomic E-state index is 0.0560. The Kier molecular flexibility index (Phi) is 6.10. The van der Waals surface area contributed by atoms with E-state index in [0.29, 0.717) is 13.1 Å². The normalized spacial score (nSPS) is 12.4. The standard InChI is InChI=1S/C17H23N3OS/c1-13-6-4-8-18-16(13)10-14(2)20(3)12-17(21)19-11-15-7-5-9-22-15/h4-9,14H,10-12H2,1-3H3,(H,19,21). The summed E-state index contributed by atoms with van der Waals surface area (Å²) in [7, 11) is 1.98. The monoisotopic (exact) mass is 317 g/mol. The number of carbonyl (C=O) groups excluding carboxylic acids is 1. The van der Waals surface area contributed by atoms with Crippen LogP contribution in [0.4, 0.5) is 0 Å². The molecule has 0 saturated heterocycles. The summed E-state index contributed by atoms with van der Waals surface area (Å²) in [6.07, 6.45) is 2.67. The van der Waals surface area contributed by atoms with Crippen molar-refractivity contribution in [1.82, 2.24) is 15.2 Å². The van der Waals surface area contributed by atoms with Crippen molar-refractivity contribution in [3.05, 3.63) is 52.0 Å². The van der Waals surface area contributed by atoms with Gasteiger partial charge in [-0.25, -0.2) is 0 Å². The SMILES string of the molecule is Cc1cccnc1CC(C)N(C)CC(=O)NCc1cccs1. The van der Waals surface area contributed by atoms with Crippen molar-refractivity contribution < 1.29 is 4.79 Å². The molecular weight excluding hydrogens is 294 g/mol. The van der Waals surface area contributed by atoms with E-state index in [1.54, 1.807) is 11.3 Å². The molecule has 2 aromatic heterocycles. The fourth-order valence-electron chi connectivity index (χ4n) is 2.20. The topological polar surface area (TPSA) is 45.2 Å². The third-order valence-electron chi connectivity index (χ3n) is 3.79. The van der Waals surface area contributed by atoms with Crippen molar-refractivity contribution in [3.63, 3.8) is 0 Å². The summed E-state index contributed by atoms with van der Waals surface area (Å²) in [6, 6.07) is 8.31. The molecule has 0 bridgehead atoms. The predicted molar refractivity (Wildman–Crippen MR) is 90.9 cm³/mol. The molecule has 1 atom stereocenters. The lowest BCUT2D eigenvalue weighted by Gasteiger charge is -2.24. The summed E-state index contributed by atoms with van der Waals surface area (Å²) in [5.41, 5.74) is 2.30. The van der Waals surface area contributed by atoms with E-state index >= 15 is 0 Å². The highest BCUT2D eigenvalue weighted by Crippen LogP contribution is 2.10. The van der Waals surface area contributed by atoms with Gasteiger partial charge in [0.15, 0.2) is 0 Å².